The zero-order valence-corrected chi connectivity index (χ0v) is 18.1. The van der Waals surface area contributed by atoms with Crippen LogP contribution in [0.25, 0.3) is 0 Å². The van der Waals surface area contributed by atoms with Crippen LogP contribution >= 0.6 is 22.7 Å². The second-order valence-corrected chi connectivity index (χ2v) is 9.83. The lowest BCUT2D eigenvalue weighted by molar-refractivity contribution is -0.136. The first-order valence-electron chi connectivity index (χ1n) is 10.1. The summed E-state index contributed by atoms with van der Waals surface area (Å²) in [6.07, 6.45) is 1.44. The number of fused-ring (bicyclic) bond motifs is 2. The van der Waals surface area contributed by atoms with Gasteiger partial charge in [0, 0.05) is 22.8 Å². The maximum atomic E-state index is 13.5. The first kappa shape index (κ1) is 19.5. The van der Waals surface area contributed by atoms with Gasteiger partial charge in [-0.15, -0.1) is 22.7 Å². The second-order valence-electron chi connectivity index (χ2n) is 7.85. The van der Waals surface area contributed by atoms with Crippen molar-refractivity contribution in [2.45, 2.75) is 31.5 Å². The second kappa shape index (κ2) is 7.98. The van der Waals surface area contributed by atoms with Crippen LogP contribution in [-0.4, -0.2) is 40.7 Å². The molecule has 3 aromatic rings. The Bertz CT molecular complexity index is 1080. The minimum absolute atomic E-state index is 0.0448. The molecule has 0 spiro atoms. The summed E-state index contributed by atoms with van der Waals surface area (Å²) in [5.74, 6) is -0.318. The third-order valence-electron chi connectivity index (χ3n) is 6.11. The van der Waals surface area contributed by atoms with Crippen LogP contribution < -0.4 is 5.73 Å². The molecule has 154 valence electrons. The lowest BCUT2D eigenvalue weighted by atomic mass is 9.93. The van der Waals surface area contributed by atoms with Crippen molar-refractivity contribution in [3.05, 3.63) is 79.7 Å². The summed E-state index contributed by atoms with van der Waals surface area (Å²) in [4.78, 5) is 32.2. The van der Waals surface area contributed by atoms with Gasteiger partial charge in [0.15, 0.2) is 0 Å². The van der Waals surface area contributed by atoms with E-state index in [1.54, 1.807) is 22.7 Å². The Kier molecular flexibility index (Phi) is 5.18. The number of hydrogen-bond donors (Lipinski definition) is 1. The molecule has 2 aliphatic heterocycles. The van der Waals surface area contributed by atoms with Crippen LogP contribution in [0.5, 0.6) is 0 Å². The lowest BCUT2D eigenvalue weighted by Crippen LogP contribution is -2.53. The van der Waals surface area contributed by atoms with Gasteiger partial charge in [-0.3, -0.25) is 14.5 Å². The molecule has 30 heavy (non-hydrogen) atoms. The smallest absolute Gasteiger partial charge is 0.237 e. The fraction of sp³-hybridized carbons (Fsp3) is 0.304. The van der Waals surface area contributed by atoms with E-state index >= 15 is 0 Å². The van der Waals surface area contributed by atoms with Crippen molar-refractivity contribution in [2.24, 2.45) is 5.73 Å². The maximum absolute atomic E-state index is 13.5. The summed E-state index contributed by atoms with van der Waals surface area (Å²) >= 11 is 3.45. The Morgan fingerprint density at radius 2 is 1.87 bits per heavy atom. The van der Waals surface area contributed by atoms with Gasteiger partial charge in [0.05, 0.1) is 18.6 Å². The number of carbonyl (C=O) groups is 2. The van der Waals surface area contributed by atoms with Crippen molar-refractivity contribution in [2.75, 3.05) is 13.1 Å². The van der Waals surface area contributed by atoms with E-state index in [0.29, 0.717) is 19.5 Å². The molecule has 1 aromatic carbocycles. The van der Waals surface area contributed by atoms with Crippen molar-refractivity contribution in [1.29, 1.82) is 0 Å². The molecule has 7 heteroatoms. The number of nitrogens with two attached hydrogens (primary N) is 1. The average molecular weight is 438 g/mol. The molecule has 0 fully saturated rings. The number of thiophene rings is 2. The molecular weight excluding hydrogens is 414 g/mol. The van der Waals surface area contributed by atoms with Gasteiger partial charge in [0.1, 0.15) is 0 Å². The van der Waals surface area contributed by atoms with E-state index in [9.17, 15) is 9.59 Å². The van der Waals surface area contributed by atoms with Gasteiger partial charge < -0.3 is 10.6 Å². The molecule has 0 unspecified atom stereocenters. The predicted molar refractivity (Wildman–Crippen MR) is 119 cm³/mol. The fourth-order valence-corrected chi connectivity index (χ4v) is 6.39. The van der Waals surface area contributed by atoms with Crippen molar-refractivity contribution >= 4 is 34.5 Å². The Hall–Kier alpha value is -2.48. The average Bonchev–Trinajstić information content (AvgIpc) is 3.44. The Morgan fingerprint density at radius 3 is 2.63 bits per heavy atom. The van der Waals surface area contributed by atoms with E-state index in [0.717, 1.165) is 17.5 Å². The van der Waals surface area contributed by atoms with E-state index in [4.69, 9.17) is 5.73 Å². The Balaban J connectivity index is 1.42. The van der Waals surface area contributed by atoms with Gasteiger partial charge in [-0.1, -0.05) is 30.3 Å². The predicted octanol–water partition coefficient (Wildman–Crippen LogP) is 3.20. The molecule has 0 saturated heterocycles. The normalized spacial score (nSPS) is 21.1. The molecule has 0 bridgehead atoms. The topological polar surface area (TPSA) is 66.6 Å². The first-order valence-corrected chi connectivity index (χ1v) is 11.9. The van der Waals surface area contributed by atoms with Gasteiger partial charge in [-0.05, 0) is 52.4 Å². The number of amides is 2. The summed E-state index contributed by atoms with van der Waals surface area (Å²) < 4.78 is 0. The summed E-state index contributed by atoms with van der Waals surface area (Å²) in [5.41, 5.74) is 9.26. The van der Waals surface area contributed by atoms with Gasteiger partial charge >= 0.3 is 0 Å². The number of nitrogens with zero attached hydrogens (tertiary/aromatic N) is 2. The highest BCUT2D eigenvalue weighted by molar-refractivity contribution is 7.10. The molecule has 0 radical (unpaired) electrons. The summed E-state index contributed by atoms with van der Waals surface area (Å²) in [6.45, 7) is 1.46. The Labute approximate surface area is 183 Å². The van der Waals surface area contributed by atoms with Gasteiger partial charge in [0.2, 0.25) is 11.8 Å². The molecule has 4 heterocycles. The molecule has 2 N–H and O–H groups in total. The van der Waals surface area contributed by atoms with Crippen LogP contribution in [0, 0.1) is 0 Å². The maximum Gasteiger partial charge on any atom is 0.237 e. The number of hydrogen-bond acceptors (Lipinski definition) is 5. The van der Waals surface area contributed by atoms with E-state index < -0.39 is 6.04 Å². The quantitative estimate of drug-likeness (QED) is 0.682. The molecule has 2 atom stereocenters. The molecule has 0 aliphatic carbocycles. The van der Waals surface area contributed by atoms with E-state index in [2.05, 4.69) is 29.0 Å². The summed E-state index contributed by atoms with van der Waals surface area (Å²) in [6, 6.07) is 13.9. The Morgan fingerprint density at radius 1 is 1.03 bits per heavy atom. The van der Waals surface area contributed by atoms with Gasteiger partial charge in [0.25, 0.3) is 0 Å². The fourth-order valence-electron chi connectivity index (χ4n) is 4.63. The molecule has 2 amide bonds. The zero-order valence-electron chi connectivity index (χ0n) is 16.5. The third-order valence-corrected chi connectivity index (χ3v) is 8.03. The van der Waals surface area contributed by atoms with Gasteiger partial charge in [-0.25, -0.2) is 0 Å². The SMILES string of the molecule is NC(=O)[C@@H]1Cc2ccccc2CN1CC(=O)N1CCc2sccc2[C@H]1c1cccs1. The van der Waals surface area contributed by atoms with Crippen LogP contribution in [0.1, 0.15) is 32.5 Å². The lowest BCUT2D eigenvalue weighted by Gasteiger charge is -2.39. The monoisotopic (exact) mass is 437 g/mol. The molecule has 2 aromatic heterocycles. The van der Waals surface area contributed by atoms with Crippen LogP contribution in [0.4, 0.5) is 0 Å². The van der Waals surface area contributed by atoms with Crippen LogP contribution in [-0.2, 0) is 29.0 Å². The van der Waals surface area contributed by atoms with Gasteiger partial charge in [-0.2, -0.15) is 0 Å². The van der Waals surface area contributed by atoms with Crippen LogP contribution in [0.15, 0.2) is 53.2 Å². The van der Waals surface area contributed by atoms with Crippen LogP contribution in [0.2, 0.25) is 0 Å². The largest absolute Gasteiger partial charge is 0.368 e. The number of benzene rings is 1. The van der Waals surface area contributed by atoms with Crippen molar-refractivity contribution in [1.82, 2.24) is 9.80 Å². The van der Waals surface area contributed by atoms with E-state index in [1.807, 2.05) is 34.1 Å². The first-order chi connectivity index (χ1) is 14.6. The molecular formula is C23H23N3O2S2. The number of carbonyl (C=O) groups excluding carboxylic acids is 2. The van der Waals surface area contributed by atoms with E-state index in [-0.39, 0.29) is 24.4 Å². The third kappa shape index (κ3) is 3.47. The van der Waals surface area contributed by atoms with Crippen LogP contribution in [0.3, 0.4) is 0 Å². The summed E-state index contributed by atoms with van der Waals surface area (Å²) in [5, 5.41) is 4.17. The van der Waals surface area contributed by atoms with E-state index in [1.165, 1.54) is 15.3 Å². The number of primary amides is 1. The van der Waals surface area contributed by atoms with Crippen molar-refractivity contribution in [3.63, 3.8) is 0 Å². The van der Waals surface area contributed by atoms with Crippen molar-refractivity contribution in [3.8, 4) is 0 Å². The van der Waals surface area contributed by atoms with Crippen molar-refractivity contribution < 1.29 is 9.59 Å². The summed E-state index contributed by atoms with van der Waals surface area (Å²) in [7, 11) is 0. The minimum Gasteiger partial charge on any atom is -0.368 e. The highest BCUT2D eigenvalue weighted by Crippen LogP contribution is 2.39. The molecule has 2 aliphatic rings. The standard InChI is InChI=1S/C23H23N3O2S2/c24-23(28)18-12-15-4-1-2-5-16(15)13-25(18)14-21(27)26-9-7-19-17(8-11-30-19)22(26)20-6-3-10-29-20/h1-6,8,10-11,18,22H,7,9,12-14H2,(H2,24,28)/t18-,22-/m0/s1. The highest BCUT2D eigenvalue weighted by atomic mass is 32.1. The minimum atomic E-state index is -0.453. The number of rotatable bonds is 4. The molecule has 0 saturated carbocycles. The molecule has 5 nitrogen and oxygen atoms in total. The molecule has 5 rings (SSSR count). The zero-order chi connectivity index (χ0) is 20.7. The highest BCUT2D eigenvalue weighted by Gasteiger charge is 2.37.